The number of rotatable bonds is 14. The van der Waals surface area contributed by atoms with E-state index in [1.165, 1.54) is 22.6 Å². The monoisotopic (exact) mass is 1020 g/mol. The minimum atomic E-state index is -1.22. The molecule has 1 unspecified atom stereocenters. The zero-order chi connectivity index (χ0) is 53.7. The Balaban J connectivity index is 0.000000211. The second-order valence-corrected chi connectivity index (χ2v) is 19.1. The SMILES string of the molecule is CC(C)c1cc(-c2n[nH]c(=O)n2-c2ccc(CN3CCN(C(=O)Oc4ccc(CN(C)C=O)cc4)CC3)cc2)c(O)cc1O.CCc1c2c(nc3ccc(O)cc13)/C(=C/C1=C(C)COC(=O)C1(CC)OC)N(C=O)C2. The van der Waals surface area contributed by atoms with Crippen molar-refractivity contribution in [2.45, 2.75) is 78.6 Å². The first-order chi connectivity index (χ1) is 36.0. The summed E-state index contributed by atoms with van der Waals surface area (Å²) >= 11 is 0. The number of benzene rings is 4. The summed E-state index contributed by atoms with van der Waals surface area (Å²) in [7, 11) is 3.19. The van der Waals surface area contributed by atoms with Crippen LogP contribution in [-0.4, -0.2) is 132 Å². The first-order valence-electron chi connectivity index (χ1n) is 24.8. The van der Waals surface area contributed by atoms with E-state index in [-0.39, 0.29) is 35.6 Å². The highest BCUT2D eigenvalue weighted by molar-refractivity contribution is 5.92. The van der Waals surface area contributed by atoms with Gasteiger partial charge in [0.2, 0.25) is 12.8 Å². The van der Waals surface area contributed by atoms with Crippen LogP contribution in [0.5, 0.6) is 23.0 Å². The predicted molar refractivity (Wildman–Crippen MR) is 280 cm³/mol. The lowest BCUT2D eigenvalue weighted by atomic mass is 9.84. The number of carbonyl (C=O) groups excluding carboxylic acids is 4. The molecule has 0 bridgehead atoms. The van der Waals surface area contributed by atoms with Crippen molar-refractivity contribution in [1.82, 2.24) is 39.3 Å². The summed E-state index contributed by atoms with van der Waals surface area (Å²) in [6.45, 7) is 13.8. The number of methoxy groups -OCH3 is 1. The van der Waals surface area contributed by atoms with E-state index < -0.39 is 23.4 Å². The van der Waals surface area contributed by atoms with Crippen molar-refractivity contribution in [2.24, 2.45) is 0 Å². The number of aromatic amines is 1. The van der Waals surface area contributed by atoms with Gasteiger partial charge in [-0.25, -0.2) is 29.0 Å². The molecule has 3 amide bonds. The Labute approximate surface area is 433 Å². The van der Waals surface area contributed by atoms with E-state index >= 15 is 0 Å². The molecule has 4 aromatic carbocycles. The molecule has 2 aromatic heterocycles. The molecule has 1 fully saturated rings. The molecule has 5 heterocycles. The predicted octanol–water partition coefficient (Wildman–Crippen LogP) is 7.15. The molecule has 0 aliphatic carbocycles. The number of nitrogens with one attached hydrogen (secondary N) is 1. The average molecular weight is 1020 g/mol. The molecular formula is C56H62N8O11. The number of ether oxygens (including phenoxy) is 3. The van der Waals surface area contributed by atoms with Crippen LogP contribution in [0.25, 0.3) is 33.7 Å². The average Bonchev–Trinajstić information content (AvgIpc) is 3.97. The zero-order valence-corrected chi connectivity index (χ0v) is 43.1. The van der Waals surface area contributed by atoms with Crippen molar-refractivity contribution in [3.05, 3.63) is 140 Å². The number of aromatic hydroxyl groups is 3. The number of hydrogen-bond acceptors (Lipinski definition) is 14. The Hall–Kier alpha value is -8.29. The highest BCUT2D eigenvalue weighted by Gasteiger charge is 2.46. The van der Waals surface area contributed by atoms with Crippen molar-refractivity contribution < 1.29 is 48.7 Å². The molecule has 3 aliphatic heterocycles. The number of carbonyl (C=O) groups is 4. The van der Waals surface area contributed by atoms with E-state index in [4.69, 9.17) is 19.2 Å². The molecule has 0 spiro atoms. The van der Waals surface area contributed by atoms with Crippen LogP contribution in [0.2, 0.25) is 0 Å². The molecule has 1 saturated heterocycles. The van der Waals surface area contributed by atoms with E-state index in [9.17, 15) is 39.3 Å². The summed E-state index contributed by atoms with van der Waals surface area (Å²) in [5, 5.41) is 38.2. The van der Waals surface area contributed by atoms with Gasteiger partial charge >= 0.3 is 17.8 Å². The molecule has 0 radical (unpaired) electrons. The van der Waals surface area contributed by atoms with Crippen LogP contribution in [0.3, 0.4) is 0 Å². The normalized spacial score (nSPS) is 17.2. The summed E-state index contributed by atoms with van der Waals surface area (Å²) in [5.41, 5.74) is 7.53. The van der Waals surface area contributed by atoms with E-state index in [1.54, 1.807) is 53.2 Å². The lowest BCUT2D eigenvalue weighted by molar-refractivity contribution is -0.166. The van der Waals surface area contributed by atoms with Crippen LogP contribution in [0.4, 0.5) is 4.79 Å². The Morgan fingerprint density at radius 3 is 2.28 bits per heavy atom. The van der Waals surface area contributed by atoms with Gasteiger partial charge in [-0.1, -0.05) is 52.0 Å². The highest BCUT2D eigenvalue weighted by atomic mass is 16.6. The molecule has 6 aromatic rings. The number of cyclic esters (lactones) is 1. The molecule has 19 nitrogen and oxygen atoms in total. The molecule has 3 aliphatic rings. The van der Waals surface area contributed by atoms with Gasteiger partial charge in [0.15, 0.2) is 11.4 Å². The molecule has 19 heteroatoms. The smallest absolute Gasteiger partial charge is 0.415 e. The molecule has 0 saturated carbocycles. The van der Waals surface area contributed by atoms with Crippen molar-refractivity contribution in [2.75, 3.05) is 46.9 Å². The number of fused-ring (bicyclic) bond motifs is 2. The Morgan fingerprint density at radius 2 is 1.64 bits per heavy atom. The summed E-state index contributed by atoms with van der Waals surface area (Å²) in [5.74, 6) is 0.257. The maximum absolute atomic E-state index is 12.7. The standard InChI is InChI=1S/C32H36N6O6.C24H26N2O5/c1-21(2)26-16-27(29(41)17-28(26)40)30-33-34-31(42)38(30)24-8-4-23(5-9-24)19-36-12-14-37(15-13-36)32(43)44-25-10-6-22(7-11-25)18-35(3)20-39;1-5-16-17-9-15(28)7-8-20(17)25-22-18(16)11-26(13-27)21(22)10-19-14(3)12-31-23(29)24(19,6-2)30-4/h4-11,16-17,20-21,40-41H,12-15,18-19H2,1-3H3,(H,34,42);7-10,13,28H,5-6,11-12H2,1-4H3/b;21-10-. The Morgan fingerprint density at radius 1 is 0.933 bits per heavy atom. The number of amides is 3. The first kappa shape index (κ1) is 53.0. The van der Waals surface area contributed by atoms with Gasteiger partial charge in [-0.05, 0) is 114 Å². The quantitative estimate of drug-likeness (QED) is 0.0627. The lowest BCUT2D eigenvalue weighted by Gasteiger charge is -2.35. The number of H-pyrrole nitrogens is 1. The number of esters is 1. The third kappa shape index (κ3) is 10.9. The van der Waals surface area contributed by atoms with Crippen LogP contribution in [0.15, 0.2) is 101 Å². The van der Waals surface area contributed by atoms with Crippen LogP contribution < -0.4 is 10.4 Å². The van der Waals surface area contributed by atoms with Crippen LogP contribution in [0.1, 0.15) is 80.5 Å². The number of hydrogen-bond donors (Lipinski definition) is 4. The van der Waals surface area contributed by atoms with Crippen LogP contribution in [0, 0.1) is 0 Å². The van der Waals surface area contributed by atoms with Gasteiger partial charge in [0.05, 0.1) is 34.7 Å². The first-order valence-corrected chi connectivity index (χ1v) is 24.8. The maximum Gasteiger partial charge on any atom is 0.415 e. The second kappa shape index (κ2) is 22.4. The van der Waals surface area contributed by atoms with Crippen molar-refractivity contribution in [3.63, 3.8) is 0 Å². The van der Waals surface area contributed by atoms with E-state index in [1.807, 2.05) is 77.1 Å². The minimum absolute atomic E-state index is 0.000846. The summed E-state index contributed by atoms with van der Waals surface area (Å²) in [6, 6.07) is 22.6. The fraction of sp³-hybridized carbons (Fsp3) is 0.339. The second-order valence-electron chi connectivity index (χ2n) is 19.1. The largest absolute Gasteiger partial charge is 0.508 e. The van der Waals surface area contributed by atoms with Crippen molar-refractivity contribution in [3.8, 4) is 40.1 Å². The van der Waals surface area contributed by atoms with Gasteiger partial charge in [-0.15, -0.1) is 0 Å². The number of aryl methyl sites for hydroxylation is 1. The maximum atomic E-state index is 12.7. The summed E-state index contributed by atoms with van der Waals surface area (Å²) < 4.78 is 18.0. The summed E-state index contributed by atoms with van der Waals surface area (Å²) in [6.07, 6.45) is 4.13. The molecule has 1 atom stereocenters. The zero-order valence-electron chi connectivity index (χ0n) is 43.1. The van der Waals surface area contributed by atoms with E-state index in [0.29, 0.717) is 91.8 Å². The third-order valence-electron chi connectivity index (χ3n) is 14.0. The molecule has 75 heavy (non-hydrogen) atoms. The number of phenolic OH excluding ortho intramolecular Hbond substituents is 3. The number of nitrogens with zero attached hydrogens (tertiary/aromatic N) is 7. The molecule has 9 rings (SSSR count). The highest BCUT2D eigenvalue weighted by Crippen LogP contribution is 2.42. The Kier molecular flexibility index (Phi) is 15.9. The topological polar surface area (TPSA) is 233 Å². The van der Waals surface area contributed by atoms with Gasteiger partial charge < -0.3 is 44.2 Å². The number of piperazine rings is 1. The minimum Gasteiger partial charge on any atom is -0.508 e. The number of aromatic nitrogens is 4. The fourth-order valence-electron chi connectivity index (χ4n) is 9.85. The van der Waals surface area contributed by atoms with Gasteiger partial charge in [-0.2, -0.15) is 5.10 Å². The van der Waals surface area contributed by atoms with Crippen molar-refractivity contribution >= 4 is 41.5 Å². The van der Waals surface area contributed by atoms with Crippen molar-refractivity contribution in [1.29, 1.82) is 0 Å². The number of pyridine rings is 1. The number of phenols is 3. The Bertz CT molecular complexity index is 3240. The third-order valence-corrected chi connectivity index (χ3v) is 14.0. The lowest BCUT2D eigenvalue weighted by Crippen LogP contribution is -2.49. The van der Waals surface area contributed by atoms with Crippen LogP contribution in [-0.2, 0) is 49.9 Å². The van der Waals surface area contributed by atoms with Gasteiger partial charge in [0.1, 0.15) is 29.6 Å². The van der Waals surface area contributed by atoms with Crippen LogP contribution >= 0.6 is 0 Å². The van der Waals surface area contributed by atoms with Gasteiger partial charge in [-0.3, -0.25) is 14.5 Å². The molecule has 392 valence electrons. The van der Waals surface area contributed by atoms with E-state index in [0.717, 1.165) is 58.0 Å². The molecule has 4 N–H and O–H groups in total. The van der Waals surface area contributed by atoms with E-state index in [2.05, 4.69) is 15.1 Å². The van der Waals surface area contributed by atoms with Gasteiger partial charge in [0, 0.05) is 70.4 Å². The summed E-state index contributed by atoms with van der Waals surface area (Å²) in [4.78, 5) is 72.8. The fourth-order valence-corrected chi connectivity index (χ4v) is 9.85. The molecular weight excluding hydrogens is 961 g/mol. The van der Waals surface area contributed by atoms with Gasteiger partial charge in [0.25, 0.3) is 0 Å².